The number of benzene rings is 1. The van der Waals surface area contributed by atoms with Crippen LogP contribution in [-0.4, -0.2) is 26.7 Å². The van der Waals surface area contributed by atoms with Crippen molar-refractivity contribution in [1.29, 1.82) is 0 Å². The smallest absolute Gasteiger partial charge is 0.316 e. The van der Waals surface area contributed by atoms with Gasteiger partial charge in [0.1, 0.15) is 0 Å². The lowest BCUT2D eigenvalue weighted by Gasteiger charge is -2.43. The molecule has 0 heterocycles. The van der Waals surface area contributed by atoms with Crippen molar-refractivity contribution < 1.29 is 17.9 Å². The third-order valence-electron chi connectivity index (χ3n) is 3.45. The second-order valence-corrected chi connectivity index (χ2v) is 7.35. The van der Waals surface area contributed by atoms with Gasteiger partial charge in [0.25, 0.3) is 0 Å². The molecule has 4 nitrogen and oxygen atoms in total. The molecule has 98 valence electrons. The molecule has 0 saturated heterocycles. The van der Waals surface area contributed by atoms with Gasteiger partial charge in [0.05, 0.1) is 17.8 Å². The Morgan fingerprint density at radius 3 is 2.33 bits per heavy atom. The van der Waals surface area contributed by atoms with Gasteiger partial charge in [-0.1, -0.05) is 30.3 Å². The lowest BCUT2D eigenvalue weighted by Crippen LogP contribution is -2.53. The van der Waals surface area contributed by atoms with Crippen LogP contribution >= 0.6 is 10.7 Å². The molecule has 6 heteroatoms. The van der Waals surface area contributed by atoms with E-state index in [9.17, 15) is 13.2 Å². The van der Waals surface area contributed by atoms with Crippen LogP contribution in [0.1, 0.15) is 18.4 Å². The van der Waals surface area contributed by atoms with E-state index in [2.05, 4.69) is 0 Å². The van der Waals surface area contributed by atoms with Crippen molar-refractivity contribution >= 4 is 25.7 Å². The first kappa shape index (κ1) is 13.4. The van der Waals surface area contributed by atoms with Crippen LogP contribution in [0.4, 0.5) is 0 Å². The van der Waals surface area contributed by atoms with Gasteiger partial charge in [-0.25, -0.2) is 8.42 Å². The maximum absolute atomic E-state index is 11.9. The van der Waals surface area contributed by atoms with E-state index in [1.165, 1.54) is 7.11 Å². The van der Waals surface area contributed by atoms with E-state index >= 15 is 0 Å². The largest absolute Gasteiger partial charge is 0.468 e. The predicted molar refractivity (Wildman–Crippen MR) is 67.9 cm³/mol. The summed E-state index contributed by atoms with van der Waals surface area (Å²) in [5.74, 6) is -0.412. The van der Waals surface area contributed by atoms with Crippen molar-refractivity contribution in [1.82, 2.24) is 0 Å². The molecule has 0 unspecified atom stereocenters. The topological polar surface area (TPSA) is 60.4 Å². The van der Waals surface area contributed by atoms with Crippen LogP contribution in [0.15, 0.2) is 30.3 Å². The van der Waals surface area contributed by atoms with Crippen LogP contribution in [0.2, 0.25) is 0 Å². The molecular formula is C12H13ClO4S. The van der Waals surface area contributed by atoms with E-state index in [-0.39, 0.29) is 12.8 Å². The Labute approximate surface area is 110 Å². The number of hydrogen-bond donors (Lipinski definition) is 0. The van der Waals surface area contributed by atoms with Gasteiger partial charge in [-0.15, -0.1) is 0 Å². The van der Waals surface area contributed by atoms with Crippen LogP contribution < -0.4 is 0 Å². The molecule has 1 aliphatic rings. The summed E-state index contributed by atoms with van der Waals surface area (Å²) >= 11 is 0. The van der Waals surface area contributed by atoms with E-state index in [0.29, 0.717) is 0 Å². The summed E-state index contributed by atoms with van der Waals surface area (Å²) in [4.78, 5) is 11.9. The number of halogens is 1. The van der Waals surface area contributed by atoms with Crippen molar-refractivity contribution in [2.24, 2.45) is 0 Å². The van der Waals surface area contributed by atoms with Crippen molar-refractivity contribution in [3.63, 3.8) is 0 Å². The van der Waals surface area contributed by atoms with Crippen molar-refractivity contribution in [2.75, 3.05) is 7.11 Å². The average Bonchev–Trinajstić information content (AvgIpc) is 2.27. The molecule has 2 rings (SSSR count). The Morgan fingerprint density at radius 2 is 1.89 bits per heavy atom. The molecule has 18 heavy (non-hydrogen) atoms. The van der Waals surface area contributed by atoms with Gasteiger partial charge in [-0.3, -0.25) is 4.79 Å². The SMILES string of the molecule is COC(=O)C1(c2ccccc2)CC(S(=O)(=O)Cl)C1. The normalized spacial score (nSPS) is 27.3. The molecule has 0 spiro atoms. The zero-order chi connectivity index (χ0) is 13.4. The quantitative estimate of drug-likeness (QED) is 0.629. The molecule has 0 bridgehead atoms. The van der Waals surface area contributed by atoms with Gasteiger partial charge in [0, 0.05) is 10.7 Å². The Kier molecular flexibility index (Phi) is 3.38. The second kappa shape index (κ2) is 4.55. The summed E-state index contributed by atoms with van der Waals surface area (Å²) in [5.41, 5.74) is -0.101. The molecule has 0 aliphatic heterocycles. The van der Waals surface area contributed by atoms with E-state index in [4.69, 9.17) is 15.4 Å². The lowest BCUT2D eigenvalue weighted by atomic mass is 9.64. The minimum absolute atomic E-state index is 0.176. The number of ether oxygens (including phenoxy) is 1. The summed E-state index contributed by atoms with van der Waals surface area (Å²) in [7, 11) is 3.00. The number of esters is 1. The maximum Gasteiger partial charge on any atom is 0.316 e. The van der Waals surface area contributed by atoms with Crippen LogP contribution in [0.5, 0.6) is 0 Å². The van der Waals surface area contributed by atoms with Crippen molar-refractivity contribution in [3.8, 4) is 0 Å². The van der Waals surface area contributed by atoms with Crippen LogP contribution in [-0.2, 0) is 24.0 Å². The lowest BCUT2D eigenvalue weighted by molar-refractivity contribution is -0.151. The summed E-state index contributed by atoms with van der Waals surface area (Å²) in [6.07, 6.45) is 0.352. The first-order chi connectivity index (χ1) is 8.40. The molecule has 1 fully saturated rings. The maximum atomic E-state index is 11.9. The van der Waals surface area contributed by atoms with E-state index < -0.39 is 25.7 Å². The van der Waals surface area contributed by atoms with Crippen molar-refractivity contribution in [2.45, 2.75) is 23.5 Å². The van der Waals surface area contributed by atoms with Gasteiger partial charge < -0.3 is 4.74 Å². The fraction of sp³-hybridized carbons (Fsp3) is 0.417. The molecule has 1 saturated carbocycles. The summed E-state index contributed by atoms with van der Waals surface area (Å²) in [6, 6.07) is 9.05. The number of carbonyl (C=O) groups is 1. The van der Waals surface area contributed by atoms with Gasteiger partial charge in [-0.05, 0) is 18.4 Å². The molecule has 0 atom stereocenters. The Morgan fingerprint density at radius 1 is 1.33 bits per heavy atom. The van der Waals surface area contributed by atoms with Gasteiger partial charge in [0.2, 0.25) is 9.05 Å². The Hall–Kier alpha value is -1.07. The molecular weight excluding hydrogens is 276 g/mol. The fourth-order valence-corrected chi connectivity index (χ4v) is 3.73. The molecule has 0 N–H and O–H groups in total. The zero-order valence-electron chi connectivity index (χ0n) is 9.80. The van der Waals surface area contributed by atoms with E-state index in [1.807, 2.05) is 18.2 Å². The second-order valence-electron chi connectivity index (χ2n) is 4.45. The average molecular weight is 289 g/mol. The first-order valence-corrected chi connectivity index (χ1v) is 7.85. The van der Waals surface area contributed by atoms with Crippen LogP contribution in [0.3, 0.4) is 0 Å². The predicted octanol–water partition coefficient (Wildman–Crippen LogP) is 1.83. The van der Waals surface area contributed by atoms with E-state index in [1.54, 1.807) is 12.1 Å². The molecule has 0 radical (unpaired) electrons. The van der Waals surface area contributed by atoms with E-state index in [0.717, 1.165) is 5.56 Å². The van der Waals surface area contributed by atoms with Gasteiger partial charge >= 0.3 is 5.97 Å². The summed E-state index contributed by atoms with van der Waals surface area (Å²) < 4.78 is 27.3. The molecule has 1 aliphatic carbocycles. The van der Waals surface area contributed by atoms with Gasteiger partial charge in [0.15, 0.2) is 0 Å². The Balaban J connectivity index is 2.33. The van der Waals surface area contributed by atoms with Crippen LogP contribution in [0.25, 0.3) is 0 Å². The fourth-order valence-electron chi connectivity index (χ4n) is 2.39. The first-order valence-electron chi connectivity index (χ1n) is 5.47. The Bertz CT molecular complexity index is 547. The number of hydrogen-bond acceptors (Lipinski definition) is 4. The number of carbonyl (C=O) groups excluding carboxylic acids is 1. The highest BCUT2D eigenvalue weighted by atomic mass is 35.7. The van der Waals surface area contributed by atoms with Crippen molar-refractivity contribution in [3.05, 3.63) is 35.9 Å². The third kappa shape index (κ3) is 2.12. The number of rotatable bonds is 3. The molecule has 0 aromatic heterocycles. The number of methoxy groups -OCH3 is 1. The highest BCUT2D eigenvalue weighted by Crippen LogP contribution is 2.48. The minimum atomic E-state index is -3.62. The van der Waals surface area contributed by atoms with Gasteiger partial charge in [-0.2, -0.15) is 0 Å². The minimum Gasteiger partial charge on any atom is -0.468 e. The highest BCUT2D eigenvalue weighted by Gasteiger charge is 2.56. The van der Waals surface area contributed by atoms with Crippen LogP contribution in [0, 0.1) is 0 Å². The zero-order valence-corrected chi connectivity index (χ0v) is 11.4. The molecule has 1 aromatic rings. The monoisotopic (exact) mass is 288 g/mol. The summed E-state index contributed by atoms with van der Waals surface area (Å²) in [5, 5.41) is -0.682. The highest BCUT2D eigenvalue weighted by molar-refractivity contribution is 8.14. The standard InChI is InChI=1S/C12H13ClO4S/c1-17-11(14)12(9-5-3-2-4-6-9)7-10(8-12)18(13,15)16/h2-6,10H,7-8H2,1H3. The summed E-state index contributed by atoms with van der Waals surface area (Å²) in [6.45, 7) is 0. The third-order valence-corrected chi connectivity index (χ3v) is 5.34. The molecule has 1 aromatic carbocycles. The molecule has 0 amide bonds.